The molecule has 0 saturated carbocycles. The average Bonchev–Trinajstić information content (AvgIpc) is 2.96. The van der Waals surface area contributed by atoms with Gasteiger partial charge in [0.2, 0.25) is 0 Å². The van der Waals surface area contributed by atoms with Crippen molar-refractivity contribution >= 4 is 11.2 Å². The zero-order valence-electron chi connectivity index (χ0n) is 9.65. The predicted octanol–water partition coefficient (Wildman–Crippen LogP) is -2.20. The first kappa shape index (κ1) is 12.2. The number of nitrogens with one attached hydrogen (secondary N) is 2. The van der Waals surface area contributed by atoms with E-state index in [0.717, 1.165) is 0 Å². The van der Waals surface area contributed by atoms with Gasteiger partial charge < -0.3 is 30.0 Å². The monoisotopic (exact) mass is 268 g/mol. The zero-order valence-corrected chi connectivity index (χ0v) is 9.65. The molecule has 2 aromatic rings. The number of aliphatic hydroxyl groups is 3. The molecular formula is C10H12N4O5. The Morgan fingerprint density at radius 1 is 1.37 bits per heavy atom. The van der Waals surface area contributed by atoms with Gasteiger partial charge in [-0.25, -0.2) is 9.97 Å². The van der Waals surface area contributed by atoms with Crippen molar-refractivity contribution < 1.29 is 20.1 Å². The van der Waals surface area contributed by atoms with Crippen molar-refractivity contribution in [1.29, 1.82) is 0 Å². The number of hydrogen-bond acceptors (Lipinski definition) is 7. The van der Waals surface area contributed by atoms with Gasteiger partial charge >= 0.3 is 0 Å². The van der Waals surface area contributed by atoms with Gasteiger partial charge in [0, 0.05) is 0 Å². The number of aliphatic hydroxyl groups excluding tert-OH is 3. The summed E-state index contributed by atoms with van der Waals surface area (Å²) in [6, 6.07) is 0. The fourth-order valence-corrected chi connectivity index (χ4v) is 2.12. The number of hydrogen-bond donors (Lipinski definition) is 5. The number of imidazole rings is 1. The Hall–Kier alpha value is -1.81. The molecule has 1 unspecified atom stereocenters. The van der Waals surface area contributed by atoms with Crippen molar-refractivity contribution in [2.45, 2.75) is 24.4 Å². The predicted molar refractivity (Wildman–Crippen MR) is 61.2 cm³/mol. The molecule has 2 aromatic heterocycles. The first-order valence-corrected chi connectivity index (χ1v) is 5.67. The Kier molecular flexibility index (Phi) is 2.82. The van der Waals surface area contributed by atoms with Crippen LogP contribution in [0.4, 0.5) is 0 Å². The minimum Gasteiger partial charge on any atom is -0.394 e. The van der Waals surface area contributed by atoms with E-state index in [1.165, 1.54) is 6.33 Å². The largest absolute Gasteiger partial charge is 0.394 e. The van der Waals surface area contributed by atoms with E-state index in [9.17, 15) is 15.0 Å². The lowest BCUT2D eigenvalue weighted by Crippen LogP contribution is -2.32. The summed E-state index contributed by atoms with van der Waals surface area (Å²) in [5, 5.41) is 28.5. The fourth-order valence-electron chi connectivity index (χ4n) is 2.12. The lowest BCUT2D eigenvalue weighted by Gasteiger charge is -2.13. The maximum Gasteiger partial charge on any atom is 0.277 e. The number of fused-ring (bicyclic) bond motifs is 1. The lowest BCUT2D eigenvalue weighted by atomic mass is 10.1. The van der Waals surface area contributed by atoms with E-state index in [0.29, 0.717) is 0 Å². The highest BCUT2D eigenvalue weighted by Gasteiger charge is 2.44. The normalized spacial score (nSPS) is 31.1. The van der Waals surface area contributed by atoms with Crippen LogP contribution in [0.25, 0.3) is 11.2 Å². The third-order valence-electron chi connectivity index (χ3n) is 3.13. The Balaban J connectivity index is 2.03. The van der Waals surface area contributed by atoms with Crippen molar-refractivity contribution in [3.8, 4) is 0 Å². The molecule has 1 aliphatic rings. The van der Waals surface area contributed by atoms with E-state index in [-0.39, 0.29) is 17.0 Å². The van der Waals surface area contributed by atoms with Gasteiger partial charge in [-0.3, -0.25) is 4.79 Å². The third kappa shape index (κ3) is 1.83. The Labute approximate surface area is 105 Å². The van der Waals surface area contributed by atoms with Crippen molar-refractivity contribution in [3.05, 3.63) is 22.5 Å². The summed E-state index contributed by atoms with van der Waals surface area (Å²) >= 11 is 0. The summed E-state index contributed by atoms with van der Waals surface area (Å²) in [7, 11) is 0. The molecule has 0 spiro atoms. The minimum atomic E-state index is -1.28. The van der Waals surface area contributed by atoms with Crippen LogP contribution in [0.1, 0.15) is 11.9 Å². The highest BCUT2D eigenvalue weighted by molar-refractivity contribution is 5.68. The first-order chi connectivity index (χ1) is 9.11. The molecule has 0 bridgehead atoms. The number of H-pyrrole nitrogens is 2. The van der Waals surface area contributed by atoms with Crippen molar-refractivity contribution in [2.75, 3.05) is 6.61 Å². The van der Waals surface area contributed by atoms with E-state index < -0.39 is 36.6 Å². The van der Waals surface area contributed by atoms with Gasteiger partial charge in [-0.2, -0.15) is 0 Å². The van der Waals surface area contributed by atoms with E-state index in [4.69, 9.17) is 9.84 Å². The third-order valence-corrected chi connectivity index (χ3v) is 3.13. The van der Waals surface area contributed by atoms with Gasteiger partial charge in [-0.05, 0) is 0 Å². The summed E-state index contributed by atoms with van der Waals surface area (Å²) < 4.78 is 5.28. The number of nitrogens with zero attached hydrogens (tertiary/aromatic N) is 2. The summed E-state index contributed by atoms with van der Waals surface area (Å²) in [6.07, 6.45) is -3.12. The second-order valence-corrected chi connectivity index (χ2v) is 4.31. The van der Waals surface area contributed by atoms with Gasteiger partial charge in [0.05, 0.1) is 12.9 Å². The molecule has 1 fully saturated rings. The van der Waals surface area contributed by atoms with Crippen LogP contribution in [0.2, 0.25) is 0 Å². The topological polar surface area (TPSA) is 144 Å². The van der Waals surface area contributed by atoms with Gasteiger partial charge in [0.1, 0.15) is 30.2 Å². The smallest absolute Gasteiger partial charge is 0.277 e. The summed E-state index contributed by atoms with van der Waals surface area (Å²) in [5.41, 5.74) is -0.0396. The molecule has 0 amide bonds. The molecule has 1 aliphatic heterocycles. The lowest BCUT2D eigenvalue weighted by molar-refractivity contribution is -0.0252. The van der Waals surface area contributed by atoms with E-state index in [1.54, 1.807) is 0 Å². The molecule has 4 atom stereocenters. The molecule has 0 aromatic carbocycles. The maximum absolute atomic E-state index is 11.7. The second kappa shape index (κ2) is 4.38. The number of rotatable bonds is 2. The van der Waals surface area contributed by atoms with Crippen molar-refractivity contribution in [3.63, 3.8) is 0 Å². The molecule has 0 aliphatic carbocycles. The molecule has 9 nitrogen and oxygen atoms in total. The number of aromatic nitrogens is 4. The highest BCUT2D eigenvalue weighted by atomic mass is 16.6. The molecule has 1 saturated heterocycles. The molecule has 19 heavy (non-hydrogen) atoms. The standard InChI is InChI=1S/C10H12N4O5/c15-1-3-5(16)6(17)7(19-3)9-13-8-4(10(18)14-9)11-2-12-8/h2-3,5-7,15-17H,1H2,(H2,11,12,13,14,18)/t3-,5-,6-,7?/m1/s1. The molecular weight excluding hydrogens is 256 g/mol. The van der Waals surface area contributed by atoms with Crippen LogP contribution in [0.5, 0.6) is 0 Å². The van der Waals surface area contributed by atoms with Crippen molar-refractivity contribution in [1.82, 2.24) is 19.9 Å². The van der Waals surface area contributed by atoms with Crippen LogP contribution in [0.15, 0.2) is 11.1 Å². The Morgan fingerprint density at radius 2 is 2.16 bits per heavy atom. The van der Waals surface area contributed by atoms with Crippen LogP contribution in [0, 0.1) is 0 Å². The van der Waals surface area contributed by atoms with Crippen LogP contribution in [0.3, 0.4) is 0 Å². The van der Waals surface area contributed by atoms with Gasteiger partial charge in [-0.1, -0.05) is 0 Å². The molecule has 3 rings (SSSR count). The summed E-state index contributed by atoms with van der Waals surface area (Å²) in [6.45, 7) is -0.441. The van der Waals surface area contributed by atoms with E-state index >= 15 is 0 Å². The molecule has 0 radical (unpaired) electrons. The van der Waals surface area contributed by atoms with Gasteiger partial charge in [0.25, 0.3) is 5.56 Å². The van der Waals surface area contributed by atoms with Gasteiger partial charge in [-0.15, -0.1) is 0 Å². The number of ether oxygens (including phenoxy) is 1. The second-order valence-electron chi connectivity index (χ2n) is 4.31. The van der Waals surface area contributed by atoms with Crippen molar-refractivity contribution in [2.24, 2.45) is 0 Å². The minimum absolute atomic E-state index is 0.0621. The Bertz CT molecular complexity index is 653. The van der Waals surface area contributed by atoms with E-state index in [1.807, 2.05) is 0 Å². The maximum atomic E-state index is 11.7. The van der Waals surface area contributed by atoms with Crippen LogP contribution in [-0.4, -0.2) is 60.2 Å². The fraction of sp³-hybridized carbons (Fsp3) is 0.500. The summed E-state index contributed by atoms with van der Waals surface area (Å²) in [5.74, 6) is 0.0621. The summed E-state index contributed by atoms with van der Waals surface area (Å²) in [4.78, 5) is 24.7. The number of aromatic amines is 2. The SMILES string of the molecule is O=c1[nH]c(C2O[C@H](CO)[C@@H](O)[C@H]2O)nc2nc[nH]c12. The van der Waals surface area contributed by atoms with Crippen LogP contribution in [-0.2, 0) is 4.74 Å². The average molecular weight is 268 g/mol. The molecule has 3 heterocycles. The Morgan fingerprint density at radius 3 is 2.84 bits per heavy atom. The van der Waals surface area contributed by atoms with Crippen LogP contribution >= 0.6 is 0 Å². The highest BCUT2D eigenvalue weighted by Crippen LogP contribution is 2.31. The van der Waals surface area contributed by atoms with E-state index in [2.05, 4.69) is 19.9 Å². The van der Waals surface area contributed by atoms with Gasteiger partial charge in [0.15, 0.2) is 11.2 Å². The molecule has 5 N–H and O–H groups in total. The zero-order chi connectivity index (χ0) is 13.6. The van der Waals surface area contributed by atoms with Crippen LogP contribution < -0.4 is 5.56 Å². The quantitative estimate of drug-likeness (QED) is 0.415. The first-order valence-electron chi connectivity index (χ1n) is 5.67. The molecule has 102 valence electrons. The molecule has 9 heteroatoms.